The summed E-state index contributed by atoms with van der Waals surface area (Å²) in [6, 6.07) is 13.0. The number of aryl methyl sites for hydroxylation is 1. The maximum Gasteiger partial charge on any atom is 0.294 e. The summed E-state index contributed by atoms with van der Waals surface area (Å²) in [5.74, 6) is -0.336. The number of non-ortho nitro benzene ring substituents is 1. The Morgan fingerprint density at radius 1 is 1.20 bits per heavy atom. The highest BCUT2D eigenvalue weighted by molar-refractivity contribution is 9.10. The maximum atomic E-state index is 12.8. The number of benzene rings is 2. The molecule has 3 amide bonds. The van der Waals surface area contributed by atoms with Gasteiger partial charge in [0.05, 0.1) is 9.83 Å². The van der Waals surface area contributed by atoms with Gasteiger partial charge in [-0.05, 0) is 76.9 Å². The first-order valence-electron chi connectivity index (χ1n) is 10.3. The van der Waals surface area contributed by atoms with Gasteiger partial charge in [-0.25, -0.2) is 0 Å². The summed E-state index contributed by atoms with van der Waals surface area (Å²) in [5, 5.41) is 13.1. The minimum Gasteiger partial charge on any atom is -0.457 e. The monoisotopic (exact) mass is 555 g/mol. The molecular weight excluding hydrogens is 538 g/mol. The van der Waals surface area contributed by atoms with Gasteiger partial charge in [-0.3, -0.25) is 29.4 Å². The van der Waals surface area contributed by atoms with E-state index in [0.29, 0.717) is 27.2 Å². The average Bonchev–Trinajstić information content (AvgIpc) is 3.37. The van der Waals surface area contributed by atoms with Crippen molar-refractivity contribution in [2.24, 2.45) is 0 Å². The van der Waals surface area contributed by atoms with E-state index in [0.717, 1.165) is 27.8 Å². The lowest BCUT2D eigenvalue weighted by Crippen LogP contribution is -2.36. The molecule has 2 heterocycles. The predicted octanol–water partition coefficient (Wildman–Crippen LogP) is 5.91. The molecule has 4 rings (SSSR count). The number of nitro benzene ring substituents is 1. The first-order valence-corrected chi connectivity index (χ1v) is 11.9. The van der Waals surface area contributed by atoms with E-state index >= 15 is 0 Å². The minimum absolute atomic E-state index is 0.0670. The Hall–Kier alpha value is -3.70. The molecule has 0 spiro atoms. The van der Waals surface area contributed by atoms with E-state index in [9.17, 15) is 24.5 Å². The van der Waals surface area contributed by atoms with Crippen LogP contribution in [0.3, 0.4) is 0 Å². The molecule has 1 saturated heterocycles. The molecule has 9 nitrogen and oxygen atoms in total. The molecule has 0 radical (unpaired) electrons. The van der Waals surface area contributed by atoms with Crippen molar-refractivity contribution in [2.75, 3.05) is 11.9 Å². The molecule has 35 heavy (non-hydrogen) atoms. The zero-order chi connectivity index (χ0) is 25.3. The number of nitrogens with one attached hydrogen (secondary N) is 1. The first-order chi connectivity index (χ1) is 16.6. The van der Waals surface area contributed by atoms with Gasteiger partial charge >= 0.3 is 0 Å². The molecule has 1 fully saturated rings. The Morgan fingerprint density at radius 2 is 1.97 bits per heavy atom. The number of hydrogen-bond donors (Lipinski definition) is 1. The molecule has 1 aromatic heterocycles. The summed E-state index contributed by atoms with van der Waals surface area (Å²) >= 11 is 4.02. The molecule has 11 heteroatoms. The van der Waals surface area contributed by atoms with Gasteiger partial charge in [-0.1, -0.05) is 12.1 Å². The lowest BCUT2D eigenvalue weighted by atomic mass is 10.1. The van der Waals surface area contributed by atoms with Crippen LogP contribution in [0, 0.1) is 24.0 Å². The van der Waals surface area contributed by atoms with Crippen LogP contribution in [0.1, 0.15) is 16.9 Å². The molecule has 0 unspecified atom stereocenters. The molecule has 0 bridgehead atoms. The molecule has 2 aromatic carbocycles. The van der Waals surface area contributed by atoms with Crippen LogP contribution >= 0.6 is 27.7 Å². The Labute approximate surface area is 212 Å². The SMILES string of the molecule is Cc1cccc(NC(=O)CN2C(=O)S/C(=C/c3ccc(-c4ccc([N+](=O)[O-])cc4Br)o3)C2=O)c1C. The number of nitrogens with zero attached hydrogens (tertiary/aromatic N) is 2. The minimum atomic E-state index is -0.592. The molecule has 3 aromatic rings. The van der Waals surface area contributed by atoms with Crippen molar-refractivity contribution in [3.63, 3.8) is 0 Å². The summed E-state index contributed by atoms with van der Waals surface area (Å²) in [5.41, 5.74) is 3.06. The van der Waals surface area contributed by atoms with E-state index in [1.807, 2.05) is 26.0 Å². The Balaban J connectivity index is 1.47. The number of halogens is 1. The third-order valence-electron chi connectivity index (χ3n) is 5.38. The van der Waals surface area contributed by atoms with Crippen molar-refractivity contribution in [3.05, 3.63) is 84.9 Å². The number of imide groups is 1. The highest BCUT2D eigenvalue weighted by Gasteiger charge is 2.36. The second kappa shape index (κ2) is 9.88. The molecule has 0 aliphatic carbocycles. The lowest BCUT2D eigenvalue weighted by Gasteiger charge is -2.14. The summed E-state index contributed by atoms with van der Waals surface area (Å²) < 4.78 is 6.24. The van der Waals surface area contributed by atoms with E-state index in [-0.39, 0.29) is 10.6 Å². The van der Waals surface area contributed by atoms with E-state index < -0.39 is 28.5 Å². The summed E-state index contributed by atoms with van der Waals surface area (Å²) in [4.78, 5) is 49.1. The van der Waals surface area contributed by atoms with Gasteiger partial charge in [0.2, 0.25) is 5.91 Å². The van der Waals surface area contributed by atoms with Crippen LogP contribution in [0.4, 0.5) is 16.2 Å². The summed E-state index contributed by atoms with van der Waals surface area (Å²) in [6.07, 6.45) is 1.43. The van der Waals surface area contributed by atoms with Crippen LogP contribution in [-0.4, -0.2) is 33.4 Å². The van der Waals surface area contributed by atoms with Crippen molar-refractivity contribution in [2.45, 2.75) is 13.8 Å². The molecule has 1 aliphatic rings. The normalized spacial score (nSPS) is 14.6. The van der Waals surface area contributed by atoms with Gasteiger partial charge in [0.15, 0.2) is 0 Å². The molecular formula is C24H18BrN3O6S. The standard InChI is InChI=1S/C24H18BrN3O6S/c1-13-4-3-5-19(14(13)2)26-22(29)12-27-23(30)21(35-24(27)31)11-16-7-9-20(34-16)17-8-6-15(28(32)33)10-18(17)25/h3-11H,12H2,1-2H3,(H,26,29)/b21-11+. The number of anilines is 1. The van der Waals surface area contributed by atoms with E-state index in [1.165, 1.54) is 18.2 Å². The zero-order valence-corrected chi connectivity index (χ0v) is 20.9. The molecule has 1 N–H and O–H groups in total. The lowest BCUT2D eigenvalue weighted by molar-refractivity contribution is -0.384. The van der Waals surface area contributed by atoms with Gasteiger partial charge in [0.1, 0.15) is 18.1 Å². The molecule has 0 atom stereocenters. The number of hydrogen-bond acceptors (Lipinski definition) is 7. The number of carbonyl (C=O) groups excluding carboxylic acids is 3. The van der Waals surface area contributed by atoms with E-state index in [4.69, 9.17) is 4.42 Å². The molecule has 1 aliphatic heterocycles. The van der Waals surface area contributed by atoms with Crippen molar-refractivity contribution in [1.82, 2.24) is 4.90 Å². The third kappa shape index (κ3) is 5.20. The fourth-order valence-corrected chi connectivity index (χ4v) is 4.76. The van der Waals surface area contributed by atoms with Crippen LogP contribution in [0.5, 0.6) is 0 Å². The largest absolute Gasteiger partial charge is 0.457 e. The second-order valence-electron chi connectivity index (χ2n) is 7.69. The quantitative estimate of drug-likeness (QED) is 0.228. The average molecular weight is 556 g/mol. The van der Waals surface area contributed by atoms with Crippen LogP contribution in [0.15, 0.2) is 62.3 Å². The van der Waals surface area contributed by atoms with Crippen LogP contribution in [-0.2, 0) is 9.59 Å². The van der Waals surface area contributed by atoms with Crippen molar-refractivity contribution < 1.29 is 23.7 Å². The second-order valence-corrected chi connectivity index (χ2v) is 9.53. The Morgan fingerprint density at radius 3 is 2.69 bits per heavy atom. The predicted molar refractivity (Wildman–Crippen MR) is 136 cm³/mol. The van der Waals surface area contributed by atoms with Crippen molar-refractivity contribution in [3.8, 4) is 11.3 Å². The fraction of sp³-hybridized carbons (Fsp3) is 0.125. The van der Waals surface area contributed by atoms with Crippen LogP contribution in [0.25, 0.3) is 17.4 Å². The highest BCUT2D eigenvalue weighted by atomic mass is 79.9. The van der Waals surface area contributed by atoms with Crippen LogP contribution in [0.2, 0.25) is 0 Å². The number of thioether (sulfide) groups is 1. The Kier molecular flexibility index (Phi) is 6.90. The van der Waals surface area contributed by atoms with Gasteiger partial charge in [0.25, 0.3) is 16.8 Å². The van der Waals surface area contributed by atoms with Gasteiger partial charge in [-0.2, -0.15) is 0 Å². The highest BCUT2D eigenvalue weighted by Crippen LogP contribution is 2.35. The summed E-state index contributed by atoms with van der Waals surface area (Å²) in [6.45, 7) is 3.39. The number of amides is 3. The maximum absolute atomic E-state index is 12.8. The fourth-order valence-electron chi connectivity index (χ4n) is 3.38. The van der Waals surface area contributed by atoms with Crippen molar-refractivity contribution >= 4 is 62.2 Å². The van der Waals surface area contributed by atoms with Crippen LogP contribution < -0.4 is 5.32 Å². The summed E-state index contributed by atoms with van der Waals surface area (Å²) in [7, 11) is 0. The van der Waals surface area contributed by atoms with Gasteiger partial charge in [0, 0.05) is 33.9 Å². The topological polar surface area (TPSA) is 123 Å². The third-order valence-corrected chi connectivity index (χ3v) is 6.95. The smallest absolute Gasteiger partial charge is 0.294 e. The zero-order valence-electron chi connectivity index (χ0n) is 18.5. The number of nitro groups is 1. The van der Waals surface area contributed by atoms with Gasteiger partial charge in [-0.15, -0.1) is 0 Å². The Bertz CT molecular complexity index is 1410. The van der Waals surface area contributed by atoms with Gasteiger partial charge < -0.3 is 9.73 Å². The molecule has 178 valence electrons. The number of carbonyl (C=O) groups is 3. The number of rotatable bonds is 6. The van der Waals surface area contributed by atoms with E-state index in [2.05, 4.69) is 21.2 Å². The van der Waals surface area contributed by atoms with E-state index in [1.54, 1.807) is 24.3 Å². The number of furan rings is 1. The van der Waals surface area contributed by atoms with Crippen molar-refractivity contribution in [1.29, 1.82) is 0 Å². The molecule has 0 saturated carbocycles. The first kappa shape index (κ1) is 24.4.